The van der Waals surface area contributed by atoms with E-state index >= 15 is 0 Å². The maximum absolute atomic E-state index is 14.2. The van der Waals surface area contributed by atoms with E-state index in [-0.39, 0.29) is 64.3 Å². The Morgan fingerprint density at radius 3 is 2.23 bits per heavy atom. The van der Waals surface area contributed by atoms with Crippen molar-refractivity contribution in [3.8, 4) is 0 Å². The number of ketones is 2. The Labute approximate surface area is 230 Å². The van der Waals surface area contributed by atoms with Gasteiger partial charge in [-0.3, -0.25) is 19.2 Å². The van der Waals surface area contributed by atoms with Gasteiger partial charge in [-0.1, -0.05) is 26.3 Å². The van der Waals surface area contributed by atoms with Gasteiger partial charge in [-0.2, -0.15) is 0 Å². The number of Topliss-reactive ketones (excluding diaryl/α,β-unsaturated/α-hetero) is 1. The van der Waals surface area contributed by atoms with E-state index in [2.05, 4.69) is 20.8 Å². The number of allylic oxidation sites excluding steroid dienone is 2. The van der Waals surface area contributed by atoms with Crippen LogP contribution in [0.5, 0.6) is 0 Å². The highest BCUT2D eigenvalue weighted by molar-refractivity contribution is 6.01. The molecule has 39 heavy (non-hydrogen) atoms. The first kappa shape index (κ1) is 26.9. The number of nitrogens with zero attached hydrogens (tertiary/aromatic N) is 1. The quantitative estimate of drug-likeness (QED) is 0.526. The van der Waals surface area contributed by atoms with E-state index in [1.54, 1.807) is 0 Å². The molecule has 2 amide bonds. The van der Waals surface area contributed by atoms with Crippen LogP contribution in [0.4, 0.5) is 0 Å². The highest BCUT2D eigenvalue weighted by atomic mass is 16.7. The average Bonchev–Trinajstić information content (AvgIpc) is 3.17. The summed E-state index contributed by atoms with van der Waals surface area (Å²) in [4.78, 5) is 69.4. The molecule has 8 nitrogen and oxygen atoms in total. The summed E-state index contributed by atoms with van der Waals surface area (Å²) in [5, 5.41) is 0.647. The van der Waals surface area contributed by atoms with Crippen LogP contribution in [0.25, 0.3) is 0 Å². The molecule has 6 aliphatic rings. The van der Waals surface area contributed by atoms with Crippen molar-refractivity contribution in [3.63, 3.8) is 0 Å². The van der Waals surface area contributed by atoms with Crippen LogP contribution in [0.3, 0.4) is 0 Å². The van der Waals surface area contributed by atoms with Gasteiger partial charge in [-0.05, 0) is 98.4 Å². The predicted molar refractivity (Wildman–Crippen MR) is 141 cm³/mol. The highest BCUT2D eigenvalue weighted by Crippen LogP contribution is 2.69. The Balaban J connectivity index is 1.30. The lowest BCUT2D eigenvalue weighted by molar-refractivity contribution is -0.202. The van der Waals surface area contributed by atoms with Gasteiger partial charge in [0.1, 0.15) is 0 Å². The van der Waals surface area contributed by atoms with Gasteiger partial charge in [0.25, 0.3) is 11.8 Å². The summed E-state index contributed by atoms with van der Waals surface area (Å²) in [6.45, 7) is 8.65. The Morgan fingerprint density at radius 1 is 0.872 bits per heavy atom. The fraction of sp³-hybridized carbons (Fsp3) is 0.774. The van der Waals surface area contributed by atoms with Crippen molar-refractivity contribution in [2.24, 2.45) is 51.6 Å². The number of hydrogen-bond donors (Lipinski definition) is 1. The fourth-order valence-electron chi connectivity index (χ4n) is 10.3. The van der Waals surface area contributed by atoms with Crippen molar-refractivity contribution in [1.29, 1.82) is 0 Å². The van der Waals surface area contributed by atoms with E-state index in [0.29, 0.717) is 30.7 Å². The first-order valence-electron chi connectivity index (χ1n) is 14.9. The van der Waals surface area contributed by atoms with Gasteiger partial charge in [0.05, 0.1) is 11.5 Å². The number of nitrogens with two attached hydrogens (primary N) is 1. The zero-order chi connectivity index (χ0) is 28.1. The van der Waals surface area contributed by atoms with Crippen LogP contribution in [0, 0.1) is 45.8 Å². The molecule has 0 aromatic rings. The van der Waals surface area contributed by atoms with Crippen molar-refractivity contribution >= 4 is 29.4 Å². The number of carbonyl (C=O) groups excluding carboxylic acids is 5. The second-order valence-electron chi connectivity index (χ2n) is 14.5. The van der Waals surface area contributed by atoms with Crippen molar-refractivity contribution < 1.29 is 28.8 Å². The maximum atomic E-state index is 14.2. The topological polar surface area (TPSA) is 124 Å². The lowest BCUT2D eigenvalue weighted by Crippen LogP contribution is -2.68. The summed E-state index contributed by atoms with van der Waals surface area (Å²) in [6.07, 6.45) is 9.00. The molecule has 1 saturated heterocycles. The first-order valence-corrected chi connectivity index (χ1v) is 14.9. The number of rotatable bonds is 2. The summed E-state index contributed by atoms with van der Waals surface area (Å²) < 4.78 is 0. The SMILES string of the molecule is CC12CCC3C(=CC(=O)C4C3(C)CCC3C4(C)CCC(=O)[C@]3(C)N)C1C[C@@H](C(=O)ON1C(=O)CCC1=O)CC2. The molecule has 5 fully saturated rings. The third-order valence-electron chi connectivity index (χ3n) is 12.4. The molecule has 0 bridgehead atoms. The van der Waals surface area contributed by atoms with Crippen LogP contribution in [-0.2, 0) is 28.8 Å². The number of carbonyl (C=O) groups is 5. The third-order valence-corrected chi connectivity index (χ3v) is 12.4. The van der Waals surface area contributed by atoms with Crippen LogP contribution in [0.2, 0.25) is 0 Å². The number of hydrogen-bond acceptors (Lipinski definition) is 7. The number of amides is 2. The Bertz CT molecular complexity index is 1190. The molecule has 6 rings (SSSR count). The largest absolute Gasteiger partial charge is 0.336 e. The molecular weight excluding hydrogens is 496 g/mol. The molecule has 0 aromatic heterocycles. The molecule has 0 spiro atoms. The number of hydroxylamine groups is 2. The molecule has 1 heterocycles. The van der Waals surface area contributed by atoms with E-state index in [0.717, 1.165) is 32.1 Å². The van der Waals surface area contributed by atoms with E-state index in [1.807, 2.05) is 13.0 Å². The summed E-state index contributed by atoms with van der Waals surface area (Å²) in [5.41, 5.74) is 6.40. The summed E-state index contributed by atoms with van der Waals surface area (Å²) >= 11 is 0. The van der Waals surface area contributed by atoms with Crippen LogP contribution < -0.4 is 5.73 Å². The lowest BCUT2D eigenvalue weighted by atomic mass is 9.38. The second kappa shape index (κ2) is 8.58. The smallest absolute Gasteiger partial charge is 0.330 e. The molecule has 2 N–H and O–H groups in total. The first-order chi connectivity index (χ1) is 18.2. The normalized spacial score (nSPS) is 47.6. The van der Waals surface area contributed by atoms with Crippen LogP contribution in [0.1, 0.15) is 98.3 Å². The van der Waals surface area contributed by atoms with E-state index < -0.39 is 29.2 Å². The van der Waals surface area contributed by atoms with Gasteiger partial charge in [0, 0.05) is 25.2 Å². The fourth-order valence-corrected chi connectivity index (χ4v) is 10.3. The standard InChI is InChI=1S/C31H42N2O6/c1-28-11-7-17(27(38)39-33-24(36)5-6-25(33)37)15-20(28)18-16-21(34)26-29(2,19(18)8-12-28)13-9-22-30(26,3)14-10-23(35)31(22,4)32/h16-17,19-20,22,26H,5-15,32H2,1-4H3/t17-,19?,20?,22?,26?,28?,29?,30?,31+/m0/s1. The van der Waals surface area contributed by atoms with Crippen molar-refractivity contribution in [3.05, 3.63) is 11.6 Å². The lowest BCUT2D eigenvalue weighted by Gasteiger charge is -2.66. The molecule has 1 aliphatic heterocycles. The van der Waals surface area contributed by atoms with Gasteiger partial charge in [-0.25, -0.2) is 4.79 Å². The predicted octanol–water partition coefficient (Wildman–Crippen LogP) is 4.05. The molecule has 7 unspecified atom stereocenters. The van der Waals surface area contributed by atoms with Crippen molar-refractivity contribution in [1.82, 2.24) is 5.06 Å². The molecule has 4 saturated carbocycles. The molecule has 8 heteroatoms. The van der Waals surface area contributed by atoms with Gasteiger partial charge >= 0.3 is 5.97 Å². The monoisotopic (exact) mass is 538 g/mol. The third kappa shape index (κ3) is 3.69. The van der Waals surface area contributed by atoms with E-state index in [1.165, 1.54) is 5.57 Å². The Kier molecular flexibility index (Phi) is 5.90. The maximum Gasteiger partial charge on any atom is 0.336 e. The second-order valence-corrected chi connectivity index (χ2v) is 14.5. The van der Waals surface area contributed by atoms with E-state index in [9.17, 15) is 24.0 Å². The van der Waals surface area contributed by atoms with Gasteiger partial charge < -0.3 is 10.6 Å². The minimum Gasteiger partial charge on any atom is -0.330 e. The Hall–Kier alpha value is -2.35. The van der Waals surface area contributed by atoms with Gasteiger partial charge in [-0.15, -0.1) is 5.06 Å². The molecular formula is C31H42N2O6. The van der Waals surface area contributed by atoms with Gasteiger partial charge in [0.15, 0.2) is 11.6 Å². The van der Waals surface area contributed by atoms with Crippen molar-refractivity contribution in [2.75, 3.05) is 0 Å². The molecule has 5 aliphatic carbocycles. The minimum atomic E-state index is -0.904. The van der Waals surface area contributed by atoms with Crippen molar-refractivity contribution in [2.45, 2.75) is 104 Å². The zero-order valence-electron chi connectivity index (χ0n) is 23.7. The summed E-state index contributed by atoms with van der Waals surface area (Å²) in [5.74, 6) is -1.46. The highest BCUT2D eigenvalue weighted by Gasteiger charge is 2.67. The molecule has 212 valence electrons. The van der Waals surface area contributed by atoms with Crippen LogP contribution in [0.15, 0.2) is 11.6 Å². The molecule has 0 aromatic carbocycles. The Morgan fingerprint density at radius 2 is 1.54 bits per heavy atom. The molecule has 0 radical (unpaired) electrons. The van der Waals surface area contributed by atoms with Gasteiger partial charge in [0.2, 0.25) is 0 Å². The van der Waals surface area contributed by atoms with Crippen LogP contribution in [-0.4, -0.2) is 40.0 Å². The summed E-state index contributed by atoms with van der Waals surface area (Å²) in [6, 6.07) is 0. The summed E-state index contributed by atoms with van der Waals surface area (Å²) in [7, 11) is 0. The number of imide groups is 1. The van der Waals surface area contributed by atoms with Crippen LogP contribution >= 0.6 is 0 Å². The minimum absolute atomic E-state index is 0.00390. The zero-order valence-corrected chi connectivity index (χ0v) is 23.7. The molecule has 9 atom stereocenters. The average molecular weight is 539 g/mol. The number of fused-ring (bicyclic) bond motifs is 7. The van der Waals surface area contributed by atoms with E-state index in [4.69, 9.17) is 10.6 Å².